The fraction of sp³-hybridized carbons (Fsp3) is 0.857. The number of nitrogens with zero attached hydrogens (tertiary/aromatic N) is 2. The Hall–Kier alpha value is -0.750. The number of nitrogens with two attached hydrogens (primary N) is 1. The van der Waals surface area contributed by atoms with E-state index in [0.717, 1.165) is 30.8 Å². The van der Waals surface area contributed by atoms with Crippen molar-refractivity contribution in [2.75, 3.05) is 24.6 Å². The number of hydrogen-bond donors (Lipinski definition) is 1. The van der Waals surface area contributed by atoms with Crippen LogP contribution in [-0.2, 0) is 9.59 Å². The lowest BCUT2D eigenvalue weighted by atomic mass is 10.1. The monoisotopic (exact) mass is 297 g/mol. The predicted octanol–water partition coefficient (Wildman–Crippen LogP) is 0.289. The molecule has 1 aliphatic carbocycles. The van der Waals surface area contributed by atoms with Gasteiger partial charge in [-0.25, -0.2) is 0 Å². The topological polar surface area (TPSA) is 66.6 Å². The Morgan fingerprint density at radius 1 is 1.10 bits per heavy atom. The maximum absolute atomic E-state index is 12.5. The highest BCUT2D eigenvalue weighted by atomic mass is 32.2. The van der Waals surface area contributed by atoms with Gasteiger partial charge in [0, 0.05) is 37.0 Å². The van der Waals surface area contributed by atoms with E-state index in [0.29, 0.717) is 19.0 Å². The minimum Gasteiger partial charge on any atom is -0.331 e. The summed E-state index contributed by atoms with van der Waals surface area (Å²) in [5.74, 6) is 1.74. The van der Waals surface area contributed by atoms with E-state index >= 15 is 0 Å². The lowest BCUT2D eigenvalue weighted by Crippen LogP contribution is -2.51. The van der Waals surface area contributed by atoms with Gasteiger partial charge in [-0.3, -0.25) is 9.59 Å². The van der Waals surface area contributed by atoms with E-state index in [1.807, 2.05) is 18.7 Å². The van der Waals surface area contributed by atoms with Crippen LogP contribution in [0.3, 0.4) is 0 Å². The summed E-state index contributed by atoms with van der Waals surface area (Å²) in [7, 11) is 0. The molecule has 0 radical (unpaired) electrons. The molecule has 112 valence electrons. The van der Waals surface area contributed by atoms with Crippen LogP contribution in [0.4, 0.5) is 0 Å². The minimum absolute atomic E-state index is 0.0730. The Morgan fingerprint density at radius 3 is 2.50 bits per heavy atom. The zero-order valence-corrected chi connectivity index (χ0v) is 12.8. The molecule has 2 saturated heterocycles. The van der Waals surface area contributed by atoms with Crippen molar-refractivity contribution >= 4 is 23.6 Å². The molecule has 3 rings (SSSR count). The highest BCUT2D eigenvalue weighted by Gasteiger charge is 2.48. The van der Waals surface area contributed by atoms with E-state index in [1.54, 1.807) is 9.80 Å². The van der Waals surface area contributed by atoms with Crippen LogP contribution in [-0.4, -0.2) is 64.3 Å². The van der Waals surface area contributed by atoms with Gasteiger partial charge in [0.1, 0.15) is 0 Å². The molecule has 6 heteroatoms. The molecule has 1 saturated carbocycles. The van der Waals surface area contributed by atoms with Crippen molar-refractivity contribution in [1.82, 2.24) is 9.80 Å². The summed E-state index contributed by atoms with van der Waals surface area (Å²) in [5.41, 5.74) is 6.12. The lowest BCUT2D eigenvalue weighted by Gasteiger charge is -2.31. The zero-order chi connectivity index (χ0) is 14.3. The van der Waals surface area contributed by atoms with Crippen LogP contribution in [0.25, 0.3) is 0 Å². The zero-order valence-electron chi connectivity index (χ0n) is 12.0. The van der Waals surface area contributed by atoms with Gasteiger partial charge in [0.15, 0.2) is 0 Å². The van der Waals surface area contributed by atoms with E-state index in [2.05, 4.69) is 0 Å². The van der Waals surface area contributed by atoms with Crippen molar-refractivity contribution in [3.05, 3.63) is 0 Å². The number of thioether (sulfide) groups is 1. The largest absolute Gasteiger partial charge is 0.331 e. The number of rotatable bonds is 0. The molecule has 2 N–H and O–H groups in total. The summed E-state index contributed by atoms with van der Waals surface area (Å²) in [6.45, 7) is 3.40. The number of amides is 2. The van der Waals surface area contributed by atoms with Crippen molar-refractivity contribution in [3.8, 4) is 0 Å². The molecule has 2 bridgehead atoms. The number of carbonyl (C=O) groups is 2. The molecule has 0 aromatic carbocycles. The van der Waals surface area contributed by atoms with Crippen molar-refractivity contribution in [3.63, 3.8) is 0 Å². The molecule has 20 heavy (non-hydrogen) atoms. The van der Waals surface area contributed by atoms with Crippen LogP contribution in [0, 0.1) is 5.92 Å². The van der Waals surface area contributed by atoms with Crippen LogP contribution in [0.15, 0.2) is 0 Å². The minimum atomic E-state index is -0.327. The van der Waals surface area contributed by atoms with Gasteiger partial charge in [-0.2, -0.15) is 11.8 Å². The SMILES string of the molecule is CC1CCSCCN1C(=O)C(=O)N1C[C@@H]2CC[C@H]1[C@H]2N. The van der Waals surface area contributed by atoms with Gasteiger partial charge in [0.05, 0.1) is 0 Å². The van der Waals surface area contributed by atoms with Crippen molar-refractivity contribution < 1.29 is 9.59 Å². The van der Waals surface area contributed by atoms with Crippen LogP contribution < -0.4 is 5.73 Å². The van der Waals surface area contributed by atoms with Crippen LogP contribution in [0.2, 0.25) is 0 Å². The number of hydrogen-bond acceptors (Lipinski definition) is 4. The Labute approximate surface area is 124 Å². The molecule has 0 spiro atoms. The second kappa shape index (κ2) is 5.56. The smallest absolute Gasteiger partial charge is 0.312 e. The third kappa shape index (κ3) is 2.33. The van der Waals surface area contributed by atoms with E-state index in [1.165, 1.54) is 0 Å². The fourth-order valence-corrected chi connectivity index (χ4v) is 4.76. The van der Waals surface area contributed by atoms with Crippen LogP contribution in [0.5, 0.6) is 0 Å². The molecular weight excluding hydrogens is 274 g/mol. The fourth-order valence-electron chi connectivity index (χ4n) is 3.72. The average Bonchev–Trinajstić information content (AvgIpc) is 2.86. The molecule has 2 heterocycles. The summed E-state index contributed by atoms with van der Waals surface area (Å²) in [6.07, 6.45) is 3.02. The van der Waals surface area contributed by atoms with E-state index in [4.69, 9.17) is 5.73 Å². The van der Waals surface area contributed by atoms with Crippen LogP contribution >= 0.6 is 11.8 Å². The highest BCUT2D eigenvalue weighted by molar-refractivity contribution is 7.99. The normalized spacial score (nSPS) is 37.1. The molecule has 4 atom stereocenters. The Bertz CT molecular complexity index is 405. The van der Waals surface area contributed by atoms with Crippen molar-refractivity contribution in [2.45, 2.75) is 44.3 Å². The second-order valence-electron chi connectivity index (χ2n) is 6.19. The van der Waals surface area contributed by atoms with E-state index < -0.39 is 0 Å². The van der Waals surface area contributed by atoms with Gasteiger partial charge in [-0.05, 0) is 37.9 Å². The first kappa shape index (κ1) is 14.2. The highest BCUT2D eigenvalue weighted by Crippen LogP contribution is 2.36. The maximum atomic E-state index is 12.5. The number of likely N-dealkylation sites (tertiary alicyclic amines) is 1. The van der Waals surface area contributed by atoms with Gasteiger partial charge in [0.25, 0.3) is 0 Å². The Morgan fingerprint density at radius 2 is 1.85 bits per heavy atom. The van der Waals surface area contributed by atoms with Crippen molar-refractivity contribution in [1.29, 1.82) is 0 Å². The molecular formula is C14H23N3O2S. The summed E-state index contributed by atoms with van der Waals surface area (Å²) in [4.78, 5) is 28.5. The van der Waals surface area contributed by atoms with Crippen LogP contribution in [0.1, 0.15) is 26.2 Å². The van der Waals surface area contributed by atoms with E-state index in [-0.39, 0.29) is 29.9 Å². The average molecular weight is 297 g/mol. The Balaban J connectivity index is 1.69. The first-order chi connectivity index (χ1) is 9.59. The number of fused-ring (bicyclic) bond motifs is 2. The maximum Gasteiger partial charge on any atom is 0.312 e. The number of carbonyl (C=O) groups excluding carboxylic acids is 2. The molecule has 2 amide bonds. The first-order valence-corrected chi connectivity index (χ1v) is 8.70. The molecule has 2 aliphatic heterocycles. The standard InChI is InChI=1S/C14H23N3O2S/c1-9-4-6-20-7-5-16(9)13(18)14(19)17-8-10-2-3-11(17)12(10)15/h9-12H,2-8,15H2,1H3/t9?,10-,11-,12-/m0/s1. The summed E-state index contributed by atoms with van der Waals surface area (Å²) >= 11 is 1.86. The third-order valence-electron chi connectivity index (χ3n) is 5.05. The predicted molar refractivity (Wildman–Crippen MR) is 79.3 cm³/mol. The molecule has 3 fully saturated rings. The Kier molecular flexibility index (Phi) is 3.95. The quantitative estimate of drug-likeness (QED) is 0.653. The van der Waals surface area contributed by atoms with Gasteiger partial charge < -0.3 is 15.5 Å². The molecule has 1 unspecified atom stereocenters. The molecule has 3 aliphatic rings. The summed E-state index contributed by atoms with van der Waals surface area (Å²) < 4.78 is 0. The van der Waals surface area contributed by atoms with Crippen molar-refractivity contribution in [2.24, 2.45) is 11.7 Å². The number of piperidine rings is 1. The molecule has 0 aromatic rings. The summed E-state index contributed by atoms with van der Waals surface area (Å²) in [5, 5.41) is 0. The molecule has 0 aromatic heterocycles. The molecule has 5 nitrogen and oxygen atoms in total. The van der Waals surface area contributed by atoms with Gasteiger partial charge >= 0.3 is 11.8 Å². The van der Waals surface area contributed by atoms with Gasteiger partial charge in [0.2, 0.25) is 0 Å². The van der Waals surface area contributed by atoms with Gasteiger partial charge in [-0.1, -0.05) is 0 Å². The first-order valence-electron chi connectivity index (χ1n) is 7.54. The lowest BCUT2D eigenvalue weighted by molar-refractivity contribution is -0.153. The third-order valence-corrected chi connectivity index (χ3v) is 6.04. The van der Waals surface area contributed by atoms with Gasteiger partial charge in [-0.15, -0.1) is 0 Å². The van der Waals surface area contributed by atoms with E-state index in [9.17, 15) is 9.59 Å². The summed E-state index contributed by atoms with van der Waals surface area (Å²) in [6, 6.07) is 0.326. The second-order valence-corrected chi connectivity index (χ2v) is 7.41.